The summed E-state index contributed by atoms with van der Waals surface area (Å²) >= 11 is 0. The SMILES string of the molecule is CN=C(NCc1ccccn1)NCC1CC1c1ccccc1. The zero-order valence-corrected chi connectivity index (χ0v) is 12.9. The van der Waals surface area contributed by atoms with Crippen molar-refractivity contribution >= 4 is 5.96 Å². The Hall–Kier alpha value is -2.36. The van der Waals surface area contributed by atoms with Crippen LogP contribution in [0.1, 0.15) is 23.6 Å². The van der Waals surface area contributed by atoms with Gasteiger partial charge in [-0.25, -0.2) is 0 Å². The molecule has 1 fully saturated rings. The lowest BCUT2D eigenvalue weighted by atomic mass is 10.1. The van der Waals surface area contributed by atoms with Crippen LogP contribution in [0.4, 0.5) is 0 Å². The van der Waals surface area contributed by atoms with E-state index < -0.39 is 0 Å². The van der Waals surface area contributed by atoms with Crippen molar-refractivity contribution in [3.8, 4) is 0 Å². The van der Waals surface area contributed by atoms with Crippen molar-refractivity contribution in [2.75, 3.05) is 13.6 Å². The van der Waals surface area contributed by atoms with E-state index in [1.807, 2.05) is 24.4 Å². The van der Waals surface area contributed by atoms with Gasteiger partial charge in [0, 0.05) is 19.8 Å². The summed E-state index contributed by atoms with van der Waals surface area (Å²) in [5.74, 6) is 2.24. The molecule has 1 aliphatic carbocycles. The molecule has 4 heteroatoms. The predicted molar refractivity (Wildman–Crippen MR) is 89.7 cm³/mol. The first-order valence-corrected chi connectivity index (χ1v) is 7.76. The molecule has 4 nitrogen and oxygen atoms in total. The van der Waals surface area contributed by atoms with Crippen molar-refractivity contribution in [3.05, 3.63) is 66.0 Å². The Kier molecular flexibility index (Phi) is 4.68. The third-order valence-corrected chi connectivity index (χ3v) is 4.07. The summed E-state index contributed by atoms with van der Waals surface area (Å²) in [5.41, 5.74) is 2.46. The first-order chi connectivity index (χ1) is 10.9. The summed E-state index contributed by atoms with van der Waals surface area (Å²) in [6.45, 7) is 1.65. The van der Waals surface area contributed by atoms with Gasteiger partial charge < -0.3 is 10.6 Å². The number of guanidine groups is 1. The lowest BCUT2D eigenvalue weighted by molar-refractivity contribution is 0.716. The molecule has 1 aromatic heterocycles. The van der Waals surface area contributed by atoms with E-state index in [0.717, 1.165) is 18.2 Å². The molecule has 0 radical (unpaired) electrons. The Morgan fingerprint density at radius 1 is 1.14 bits per heavy atom. The number of hydrogen-bond donors (Lipinski definition) is 2. The fraction of sp³-hybridized carbons (Fsp3) is 0.333. The Labute approximate surface area is 131 Å². The Bertz CT molecular complexity index is 609. The highest BCUT2D eigenvalue weighted by atomic mass is 15.2. The molecule has 2 unspecified atom stereocenters. The molecule has 1 heterocycles. The number of rotatable bonds is 5. The molecule has 0 saturated heterocycles. The van der Waals surface area contributed by atoms with Crippen molar-refractivity contribution < 1.29 is 0 Å². The van der Waals surface area contributed by atoms with Crippen LogP contribution in [0, 0.1) is 5.92 Å². The lowest BCUT2D eigenvalue weighted by Crippen LogP contribution is -2.38. The maximum atomic E-state index is 4.30. The first-order valence-electron chi connectivity index (χ1n) is 7.76. The predicted octanol–water partition coefficient (Wildman–Crippen LogP) is 2.55. The second-order valence-corrected chi connectivity index (χ2v) is 5.64. The standard InChI is InChI=1S/C18H22N4/c1-19-18(22-13-16-9-5-6-10-20-16)21-12-15-11-17(15)14-7-3-2-4-8-14/h2-10,15,17H,11-13H2,1H3,(H2,19,21,22). The van der Waals surface area contributed by atoms with Gasteiger partial charge >= 0.3 is 0 Å². The average Bonchev–Trinajstić information content (AvgIpc) is 3.36. The Morgan fingerprint density at radius 3 is 2.68 bits per heavy atom. The lowest BCUT2D eigenvalue weighted by Gasteiger charge is -2.11. The molecule has 0 bridgehead atoms. The highest BCUT2D eigenvalue weighted by Gasteiger charge is 2.37. The van der Waals surface area contributed by atoms with E-state index in [4.69, 9.17) is 0 Å². The molecular formula is C18H22N4. The van der Waals surface area contributed by atoms with Crippen molar-refractivity contribution in [3.63, 3.8) is 0 Å². The molecule has 2 aromatic rings. The van der Waals surface area contributed by atoms with Gasteiger partial charge in [-0.1, -0.05) is 36.4 Å². The smallest absolute Gasteiger partial charge is 0.191 e. The monoisotopic (exact) mass is 294 g/mol. The summed E-state index contributed by atoms with van der Waals surface area (Å²) in [7, 11) is 1.80. The molecule has 3 rings (SSSR count). The van der Waals surface area contributed by atoms with Gasteiger partial charge in [-0.15, -0.1) is 0 Å². The molecule has 1 aromatic carbocycles. The third-order valence-electron chi connectivity index (χ3n) is 4.07. The van der Waals surface area contributed by atoms with E-state index in [0.29, 0.717) is 18.4 Å². The second kappa shape index (κ2) is 7.07. The van der Waals surface area contributed by atoms with E-state index in [2.05, 4.69) is 50.9 Å². The van der Waals surface area contributed by atoms with Crippen molar-refractivity contribution in [1.29, 1.82) is 0 Å². The second-order valence-electron chi connectivity index (χ2n) is 5.64. The van der Waals surface area contributed by atoms with Crippen LogP contribution in [0.15, 0.2) is 59.7 Å². The summed E-state index contributed by atoms with van der Waals surface area (Å²) in [4.78, 5) is 8.57. The number of pyridine rings is 1. The molecule has 0 amide bonds. The molecular weight excluding hydrogens is 272 g/mol. The van der Waals surface area contributed by atoms with Crippen LogP contribution in [0.25, 0.3) is 0 Å². The van der Waals surface area contributed by atoms with Crippen molar-refractivity contribution in [2.45, 2.75) is 18.9 Å². The minimum atomic E-state index is 0.688. The molecule has 1 aliphatic rings. The number of nitrogens with one attached hydrogen (secondary N) is 2. The number of aromatic nitrogens is 1. The minimum Gasteiger partial charge on any atom is -0.356 e. The molecule has 0 spiro atoms. The largest absolute Gasteiger partial charge is 0.356 e. The van der Waals surface area contributed by atoms with Crippen LogP contribution < -0.4 is 10.6 Å². The van der Waals surface area contributed by atoms with Gasteiger partial charge in [-0.3, -0.25) is 9.98 Å². The number of benzene rings is 1. The maximum Gasteiger partial charge on any atom is 0.191 e. The first kappa shape index (κ1) is 14.6. The molecule has 114 valence electrons. The highest BCUT2D eigenvalue weighted by Crippen LogP contribution is 2.46. The number of aliphatic imine (C=N–C) groups is 1. The van der Waals surface area contributed by atoms with Gasteiger partial charge in [0.1, 0.15) is 0 Å². The topological polar surface area (TPSA) is 49.3 Å². The fourth-order valence-electron chi connectivity index (χ4n) is 2.71. The third kappa shape index (κ3) is 3.85. The van der Waals surface area contributed by atoms with Gasteiger partial charge in [-0.05, 0) is 36.0 Å². The van der Waals surface area contributed by atoms with Gasteiger partial charge in [0.05, 0.1) is 12.2 Å². The van der Waals surface area contributed by atoms with E-state index in [9.17, 15) is 0 Å². The zero-order valence-electron chi connectivity index (χ0n) is 12.9. The van der Waals surface area contributed by atoms with Crippen LogP contribution in [-0.4, -0.2) is 24.5 Å². The molecule has 0 aliphatic heterocycles. The number of hydrogen-bond acceptors (Lipinski definition) is 2. The van der Waals surface area contributed by atoms with Crippen molar-refractivity contribution in [2.24, 2.45) is 10.9 Å². The summed E-state index contributed by atoms with van der Waals surface area (Å²) in [6, 6.07) is 16.7. The van der Waals surface area contributed by atoms with E-state index in [1.165, 1.54) is 12.0 Å². The highest BCUT2D eigenvalue weighted by molar-refractivity contribution is 5.79. The quantitative estimate of drug-likeness (QED) is 0.658. The van der Waals surface area contributed by atoms with Crippen LogP contribution >= 0.6 is 0 Å². The normalized spacial score (nSPS) is 20.5. The fourth-order valence-corrected chi connectivity index (χ4v) is 2.71. The van der Waals surface area contributed by atoms with E-state index in [-0.39, 0.29) is 0 Å². The van der Waals surface area contributed by atoms with Crippen molar-refractivity contribution in [1.82, 2.24) is 15.6 Å². The van der Waals surface area contributed by atoms with Crippen LogP contribution in [-0.2, 0) is 6.54 Å². The average molecular weight is 294 g/mol. The molecule has 2 N–H and O–H groups in total. The van der Waals surface area contributed by atoms with Gasteiger partial charge in [0.25, 0.3) is 0 Å². The Morgan fingerprint density at radius 2 is 1.95 bits per heavy atom. The van der Waals surface area contributed by atoms with E-state index in [1.54, 1.807) is 7.05 Å². The minimum absolute atomic E-state index is 0.688. The van der Waals surface area contributed by atoms with Crippen LogP contribution in [0.5, 0.6) is 0 Å². The van der Waals surface area contributed by atoms with Gasteiger partial charge in [0.15, 0.2) is 5.96 Å². The summed E-state index contributed by atoms with van der Waals surface area (Å²) < 4.78 is 0. The molecule has 2 atom stereocenters. The summed E-state index contributed by atoms with van der Waals surface area (Å²) in [6.07, 6.45) is 3.07. The number of nitrogens with zero attached hydrogens (tertiary/aromatic N) is 2. The Balaban J connectivity index is 1.43. The van der Waals surface area contributed by atoms with Gasteiger partial charge in [-0.2, -0.15) is 0 Å². The maximum absolute atomic E-state index is 4.30. The molecule has 1 saturated carbocycles. The van der Waals surface area contributed by atoms with Crippen LogP contribution in [0.2, 0.25) is 0 Å². The summed E-state index contributed by atoms with van der Waals surface area (Å²) in [5, 5.41) is 6.71. The van der Waals surface area contributed by atoms with Gasteiger partial charge in [0.2, 0.25) is 0 Å². The molecule has 22 heavy (non-hydrogen) atoms. The van der Waals surface area contributed by atoms with E-state index >= 15 is 0 Å². The zero-order chi connectivity index (χ0) is 15.2. The van der Waals surface area contributed by atoms with Crippen LogP contribution in [0.3, 0.4) is 0 Å².